The maximum absolute atomic E-state index is 11.7. The molecule has 0 atom stereocenters. The zero-order valence-corrected chi connectivity index (χ0v) is 59.9. The first kappa shape index (κ1) is 139. The van der Waals surface area contributed by atoms with Gasteiger partial charge in [0.1, 0.15) is 6.61 Å². The second-order valence-corrected chi connectivity index (χ2v) is 14.7. The Bertz CT molecular complexity index is 754. The first-order chi connectivity index (χ1) is 34.6. The van der Waals surface area contributed by atoms with Crippen LogP contribution < -0.4 is 10.4 Å². The van der Waals surface area contributed by atoms with Crippen molar-refractivity contribution in [1.29, 1.82) is 0 Å². The van der Waals surface area contributed by atoms with Crippen LogP contribution in [0.4, 0.5) is 0 Å². The predicted molar refractivity (Wildman–Crippen MR) is 373 cm³/mol. The standard InChI is InChI=1S/C23H30O3Si.4C3H8.15C2H6.C2H4.2CH4/c1-5-6-17-22(24)25-18-19-26-27(23(2,3)4,20-13-9-7-10-14-20)21-15-11-8-12-16-21;4*1-3-2;16*1-2;;/h5,7-16H,1,6,17-19H2,2-4H3;4*3H2,1-2H3;15*1-2H3;1-2H2;2*1H4. The second kappa shape index (κ2) is 209. The normalized spacial score (nSPS) is 6.64. The van der Waals surface area contributed by atoms with E-state index in [9.17, 15) is 4.79 Å². The number of hydrogen-bond donors (Lipinski definition) is 0. The van der Waals surface area contributed by atoms with Gasteiger partial charge in [0, 0.05) is 6.42 Å². The summed E-state index contributed by atoms with van der Waals surface area (Å²) in [5.41, 5.74) is 0. The molecule has 0 bridgehead atoms. The third-order valence-corrected chi connectivity index (χ3v) is 9.68. The van der Waals surface area contributed by atoms with Crippen molar-refractivity contribution in [2.75, 3.05) is 13.2 Å². The molecule has 0 heterocycles. The van der Waals surface area contributed by atoms with Gasteiger partial charge in [-0.2, -0.15) is 0 Å². The number of esters is 1. The van der Waals surface area contributed by atoms with Crippen LogP contribution in [0.5, 0.6) is 0 Å². The molecule has 3 nitrogen and oxygen atoms in total. The summed E-state index contributed by atoms with van der Waals surface area (Å²) in [7, 11) is -2.55. The molecule has 4 heteroatoms. The molecule has 0 saturated carbocycles. The van der Waals surface area contributed by atoms with Crippen molar-refractivity contribution < 1.29 is 14.0 Å². The van der Waals surface area contributed by atoms with Crippen LogP contribution in [-0.4, -0.2) is 27.5 Å². The predicted octanol–water partition coefficient (Wildman–Crippen LogP) is 27.2. The monoisotopic (exact) mass is 1070 g/mol. The van der Waals surface area contributed by atoms with Gasteiger partial charge in [-0.1, -0.05) is 391 Å². The highest BCUT2D eigenvalue weighted by atomic mass is 28.4. The van der Waals surface area contributed by atoms with E-state index in [0.29, 0.717) is 19.4 Å². The molecule has 0 aromatic heterocycles. The van der Waals surface area contributed by atoms with Crippen LogP contribution >= 0.6 is 0 Å². The molecule has 2 rings (SSSR count). The van der Waals surface area contributed by atoms with Gasteiger partial charge < -0.3 is 9.16 Å². The molecule has 0 spiro atoms. The zero-order chi connectivity index (χ0) is 62.6. The number of ether oxygens (including phenoxy) is 1. The van der Waals surface area contributed by atoms with Crippen LogP contribution in [0.3, 0.4) is 0 Å². The Kier molecular flexibility index (Phi) is 398. The smallest absolute Gasteiger partial charge is 0.306 e. The van der Waals surface area contributed by atoms with E-state index in [1.165, 1.54) is 36.1 Å². The van der Waals surface area contributed by atoms with Crippen LogP contribution in [0, 0.1) is 0 Å². The van der Waals surface area contributed by atoms with Gasteiger partial charge in [-0.25, -0.2) is 0 Å². The lowest BCUT2D eigenvalue weighted by molar-refractivity contribution is -0.144. The van der Waals surface area contributed by atoms with E-state index in [0.717, 1.165) is 0 Å². The fraction of sp³-hybridized carbons (Fsp3) is 0.754. The summed E-state index contributed by atoms with van der Waals surface area (Å²) in [6, 6.07) is 20.9. The molecule has 0 amide bonds. The minimum Gasteiger partial charge on any atom is -0.463 e. The highest BCUT2D eigenvalue weighted by Gasteiger charge is 2.50. The van der Waals surface area contributed by atoms with Crippen LogP contribution in [-0.2, 0) is 14.0 Å². The summed E-state index contributed by atoms with van der Waals surface area (Å²) in [6.45, 7) is 94.0. The molecule has 0 fully saturated rings. The number of benzene rings is 2. The Hall–Kier alpha value is -2.43. The number of hydrogen-bond acceptors (Lipinski definition) is 3. The lowest BCUT2D eigenvalue weighted by Gasteiger charge is -2.43. The molecule has 0 N–H and O–H groups in total. The highest BCUT2D eigenvalue weighted by molar-refractivity contribution is 6.99. The Balaban J connectivity index is -0.0000000260. The van der Waals surface area contributed by atoms with Gasteiger partial charge in [0.2, 0.25) is 0 Å². The molecule has 462 valence electrons. The van der Waals surface area contributed by atoms with E-state index < -0.39 is 8.32 Å². The van der Waals surface area contributed by atoms with E-state index in [2.05, 4.69) is 144 Å². The fourth-order valence-electron chi connectivity index (χ4n) is 3.40. The van der Waals surface area contributed by atoms with Crippen LogP contribution in [0.25, 0.3) is 0 Å². The van der Waals surface area contributed by atoms with E-state index in [-0.39, 0.29) is 32.5 Å². The minimum atomic E-state index is -2.55. The van der Waals surface area contributed by atoms with Gasteiger partial charge in [-0.05, 0) is 21.8 Å². The summed E-state index contributed by atoms with van der Waals surface area (Å²) in [5.74, 6) is -0.207. The Morgan fingerprint density at radius 2 is 0.616 bits per heavy atom. The molecule has 0 aliphatic heterocycles. The molecule has 73 heavy (non-hydrogen) atoms. The number of rotatable bonds is 9. The lowest BCUT2D eigenvalue weighted by atomic mass is 10.2. The van der Waals surface area contributed by atoms with Crippen molar-refractivity contribution in [2.24, 2.45) is 0 Å². The van der Waals surface area contributed by atoms with Crippen molar-refractivity contribution in [3.8, 4) is 0 Å². The van der Waals surface area contributed by atoms with Gasteiger partial charge in [-0.15, -0.1) is 19.7 Å². The molecule has 0 aliphatic rings. The topological polar surface area (TPSA) is 35.5 Å². The van der Waals surface area contributed by atoms with Crippen molar-refractivity contribution in [3.63, 3.8) is 0 Å². The summed E-state index contributed by atoms with van der Waals surface area (Å²) in [5, 5.41) is 2.37. The van der Waals surface area contributed by atoms with Crippen LogP contribution in [0.1, 0.15) is 337 Å². The summed E-state index contributed by atoms with van der Waals surface area (Å²) < 4.78 is 12.0. The van der Waals surface area contributed by atoms with Crippen LogP contribution in [0.15, 0.2) is 86.5 Å². The Morgan fingerprint density at radius 3 is 0.781 bits per heavy atom. The molecular weight excluding hydrogens is 905 g/mol. The Morgan fingerprint density at radius 1 is 0.425 bits per heavy atom. The summed E-state index contributed by atoms with van der Waals surface area (Å²) >= 11 is 0. The molecule has 2 aromatic rings. The number of carbonyl (C=O) groups excluding carboxylic acids is 1. The fourth-order valence-corrected chi connectivity index (χ4v) is 7.95. The average Bonchev–Trinajstić information content (AvgIpc) is 3.48. The molecule has 0 saturated heterocycles. The number of carbonyl (C=O) groups is 1. The second-order valence-electron chi connectivity index (χ2n) is 10.4. The van der Waals surface area contributed by atoms with E-state index in [1.54, 1.807) is 6.08 Å². The SMILES string of the molecule is C.C.C=C.C=CCCC(=O)OCCO[Si](c1ccccc1)(c1ccccc1)C(C)(C)C.CC.CC.CC.CC.CC.CC.CC.CC.CC.CC.CC.CC.CC.CC.CC.CCC.CCC.CCC.CCC. The first-order valence-corrected chi connectivity index (χ1v) is 32.5. The van der Waals surface area contributed by atoms with Crippen molar-refractivity contribution in [3.05, 3.63) is 86.5 Å². The maximum Gasteiger partial charge on any atom is 0.306 e. The molecule has 0 aliphatic carbocycles. The lowest BCUT2D eigenvalue weighted by Crippen LogP contribution is -2.66. The van der Waals surface area contributed by atoms with Gasteiger partial charge in [-0.3, -0.25) is 4.79 Å². The number of allylic oxidation sites excluding steroid dienone is 1. The zero-order valence-electron chi connectivity index (χ0n) is 58.9. The largest absolute Gasteiger partial charge is 0.463 e. The van der Waals surface area contributed by atoms with Gasteiger partial charge >= 0.3 is 5.97 Å². The molecule has 0 unspecified atom stereocenters. The van der Waals surface area contributed by atoms with E-state index in [1.807, 2.05) is 220 Å². The van der Waals surface area contributed by atoms with Crippen molar-refractivity contribution >= 4 is 24.7 Å². The molecular formula is C69H164O3Si. The third-order valence-electron chi connectivity index (χ3n) is 4.63. The van der Waals surface area contributed by atoms with Gasteiger partial charge in [0.15, 0.2) is 0 Å². The van der Waals surface area contributed by atoms with Crippen LogP contribution in [0.2, 0.25) is 5.04 Å². The third kappa shape index (κ3) is 146. The van der Waals surface area contributed by atoms with Crippen molar-refractivity contribution in [2.45, 2.75) is 342 Å². The minimum absolute atomic E-state index is 0. The first-order valence-electron chi connectivity index (χ1n) is 30.6. The van der Waals surface area contributed by atoms with Gasteiger partial charge in [0.25, 0.3) is 8.32 Å². The maximum atomic E-state index is 11.7. The average molecular weight is 1070 g/mol. The van der Waals surface area contributed by atoms with Gasteiger partial charge in [0.05, 0.1) is 6.61 Å². The van der Waals surface area contributed by atoms with E-state index >= 15 is 0 Å². The summed E-state index contributed by atoms with van der Waals surface area (Å²) in [6.07, 6.45) is 7.72. The Labute approximate surface area is 478 Å². The highest BCUT2D eigenvalue weighted by Crippen LogP contribution is 2.36. The van der Waals surface area contributed by atoms with Crippen molar-refractivity contribution in [1.82, 2.24) is 0 Å². The van der Waals surface area contributed by atoms with E-state index in [4.69, 9.17) is 9.16 Å². The molecule has 2 aromatic carbocycles. The quantitative estimate of drug-likeness (QED) is 0.109. The summed E-state index contributed by atoms with van der Waals surface area (Å²) in [4.78, 5) is 11.7. The molecule has 0 radical (unpaired) electrons.